The lowest BCUT2D eigenvalue weighted by Crippen LogP contribution is -2.38. The highest BCUT2D eigenvalue weighted by atomic mass is 16.3. The van der Waals surface area contributed by atoms with Gasteiger partial charge in [-0.3, -0.25) is 0 Å². The maximum Gasteiger partial charge on any atom is 0.120 e. The molecule has 0 saturated heterocycles. The summed E-state index contributed by atoms with van der Waals surface area (Å²) in [6.07, 6.45) is 12.0. The average Bonchev–Trinajstić information content (AvgIpc) is 2.32. The van der Waals surface area contributed by atoms with Gasteiger partial charge >= 0.3 is 0 Å². The molecule has 0 spiro atoms. The van der Waals surface area contributed by atoms with Gasteiger partial charge in [0.15, 0.2) is 0 Å². The van der Waals surface area contributed by atoms with Gasteiger partial charge in [0.2, 0.25) is 0 Å². The molecule has 0 aromatic carbocycles. The van der Waals surface area contributed by atoms with Crippen molar-refractivity contribution in [2.45, 2.75) is 83.7 Å². The lowest BCUT2D eigenvalue weighted by Gasteiger charge is -2.37. The van der Waals surface area contributed by atoms with E-state index in [1.165, 1.54) is 32.1 Å². The molecule has 0 heterocycles. The predicted octanol–water partition coefficient (Wildman–Crippen LogP) is 4.10. The van der Waals surface area contributed by atoms with Gasteiger partial charge in [-0.25, -0.2) is 0 Å². The van der Waals surface area contributed by atoms with E-state index in [2.05, 4.69) is 13.8 Å². The quantitative estimate of drug-likeness (QED) is 0.767. The first kappa shape index (κ1) is 15.7. The van der Waals surface area contributed by atoms with Gasteiger partial charge in [-0.1, -0.05) is 52.4 Å². The highest BCUT2D eigenvalue weighted by Crippen LogP contribution is 2.35. The molecule has 18 heavy (non-hydrogen) atoms. The largest absolute Gasteiger partial charge is 0.390 e. The summed E-state index contributed by atoms with van der Waals surface area (Å²) in [5.74, 6) is 0.669. The monoisotopic (exact) mass is 254 g/mol. The van der Waals surface area contributed by atoms with Crippen LogP contribution in [0, 0.1) is 11.8 Å². The summed E-state index contributed by atoms with van der Waals surface area (Å²) in [5.41, 5.74) is -0.542. The predicted molar refractivity (Wildman–Crippen MR) is 75.5 cm³/mol. The molecule has 0 amide bonds. The Bertz CT molecular complexity index is 239. The highest BCUT2D eigenvalue weighted by Gasteiger charge is 2.34. The van der Waals surface area contributed by atoms with E-state index in [-0.39, 0.29) is 0 Å². The normalized spacial score (nSPS) is 32.7. The molecule has 1 N–H and O–H groups in total. The van der Waals surface area contributed by atoms with Gasteiger partial charge < -0.3 is 9.90 Å². The van der Waals surface area contributed by atoms with Gasteiger partial charge in [0.25, 0.3) is 0 Å². The third-order valence-electron chi connectivity index (χ3n) is 4.61. The zero-order valence-corrected chi connectivity index (χ0v) is 12.2. The van der Waals surface area contributed by atoms with E-state index < -0.39 is 5.60 Å². The van der Waals surface area contributed by atoms with Crippen molar-refractivity contribution in [2.24, 2.45) is 11.8 Å². The van der Waals surface area contributed by atoms with Gasteiger partial charge in [0, 0.05) is 6.42 Å². The summed E-state index contributed by atoms with van der Waals surface area (Å²) in [6.45, 7) is 4.27. The van der Waals surface area contributed by atoms with Crippen molar-refractivity contribution in [2.75, 3.05) is 0 Å². The van der Waals surface area contributed by atoms with E-state index in [9.17, 15) is 9.90 Å². The molecule has 1 rings (SSSR count). The lowest BCUT2D eigenvalue weighted by atomic mass is 9.75. The van der Waals surface area contributed by atoms with Gasteiger partial charge in [0.1, 0.15) is 6.29 Å². The fourth-order valence-electron chi connectivity index (χ4n) is 3.26. The SMILES string of the molecule is C[C@@H](CC=O)C[C@]1(O)CCCCCCCC[C@H]1C. The zero-order valence-electron chi connectivity index (χ0n) is 12.2. The standard InChI is InChI=1S/C16H30O2/c1-14(10-12-17)13-16(18)11-8-6-4-3-5-7-9-15(16)2/h12,14-15,18H,3-11,13H2,1-2H3/t14-,15+,16+/m0/s1. The molecule has 0 aromatic heterocycles. The maximum atomic E-state index is 10.9. The van der Waals surface area contributed by atoms with Crippen LogP contribution in [0.3, 0.4) is 0 Å². The number of aliphatic hydroxyl groups is 1. The van der Waals surface area contributed by atoms with E-state index in [4.69, 9.17) is 0 Å². The molecule has 0 aliphatic heterocycles. The van der Waals surface area contributed by atoms with Crippen molar-refractivity contribution in [1.82, 2.24) is 0 Å². The average molecular weight is 254 g/mol. The van der Waals surface area contributed by atoms with Gasteiger partial charge in [-0.15, -0.1) is 0 Å². The molecule has 1 saturated carbocycles. The fourth-order valence-corrected chi connectivity index (χ4v) is 3.26. The highest BCUT2D eigenvalue weighted by molar-refractivity contribution is 5.49. The summed E-state index contributed by atoms with van der Waals surface area (Å²) in [4.78, 5) is 10.6. The number of aldehydes is 1. The van der Waals surface area contributed by atoms with Crippen molar-refractivity contribution < 1.29 is 9.90 Å². The third-order valence-corrected chi connectivity index (χ3v) is 4.61. The zero-order chi connectivity index (χ0) is 13.4. The second-order valence-corrected chi connectivity index (χ2v) is 6.38. The molecule has 1 aliphatic carbocycles. The van der Waals surface area contributed by atoms with Crippen LogP contribution in [-0.2, 0) is 4.79 Å². The van der Waals surface area contributed by atoms with E-state index in [1.807, 2.05) is 0 Å². The van der Waals surface area contributed by atoms with Crippen molar-refractivity contribution in [3.8, 4) is 0 Å². The Balaban J connectivity index is 2.60. The molecule has 1 aliphatic rings. The van der Waals surface area contributed by atoms with Crippen LogP contribution in [0.2, 0.25) is 0 Å². The van der Waals surface area contributed by atoms with E-state index >= 15 is 0 Å². The summed E-state index contributed by atoms with van der Waals surface area (Å²) in [6, 6.07) is 0. The smallest absolute Gasteiger partial charge is 0.120 e. The van der Waals surface area contributed by atoms with Crippen molar-refractivity contribution in [1.29, 1.82) is 0 Å². The Morgan fingerprint density at radius 1 is 1.22 bits per heavy atom. The van der Waals surface area contributed by atoms with Crippen LogP contribution < -0.4 is 0 Å². The molecule has 3 atom stereocenters. The lowest BCUT2D eigenvalue weighted by molar-refractivity contribution is -0.109. The number of carbonyl (C=O) groups is 1. The first-order valence-electron chi connectivity index (χ1n) is 7.74. The molecular weight excluding hydrogens is 224 g/mol. The number of hydrogen-bond acceptors (Lipinski definition) is 2. The first-order valence-corrected chi connectivity index (χ1v) is 7.74. The summed E-state index contributed by atoms with van der Waals surface area (Å²) >= 11 is 0. The van der Waals surface area contributed by atoms with E-state index in [1.54, 1.807) is 0 Å². The van der Waals surface area contributed by atoms with Crippen LogP contribution >= 0.6 is 0 Å². The molecule has 0 radical (unpaired) electrons. The molecule has 0 unspecified atom stereocenters. The van der Waals surface area contributed by atoms with Crippen LogP contribution in [0.15, 0.2) is 0 Å². The van der Waals surface area contributed by atoms with Crippen molar-refractivity contribution in [3.05, 3.63) is 0 Å². The first-order chi connectivity index (χ1) is 8.58. The van der Waals surface area contributed by atoms with Gasteiger partial charge in [-0.05, 0) is 31.1 Å². The minimum Gasteiger partial charge on any atom is -0.390 e. The van der Waals surface area contributed by atoms with Gasteiger partial charge in [-0.2, -0.15) is 0 Å². The third kappa shape index (κ3) is 5.09. The van der Waals surface area contributed by atoms with Crippen molar-refractivity contribution in [3.63, 3.8) is 0 Å². The molecule has 2 heteroatoms. The molecular formula is C16H30O2. The molecule has 0 aromatic rings. The Morgan fingerprint density at radius 2 is 1.83 bits per heavy atom. The minimum absolute atomic E-state index is 0.304. The van der Waals surface area contributed by atoms with Crippen LogP contribution in [-0.4, -0.2) is 17.0 Å². The second-order valence-electron chi connectivity index (χ2n) is 6.38. The summed E-state index contributed by atoms with van der Waals surface area (Å²) < 4.78 is 0. The van der Waals surface area contributed by atoms with Crippen LogP contribution in [0.25, 0.3) is 0 Å². The van der Waals surface area contributed by atoms with Crippen LogP contribution in [0.4, 0.5) is 0 Å². The Morgan fingerprint density at radius 3 is 2.50 bits per heavy atom. The van der Waals surface area contributed by atoms with Gasteiger partial charge in [0.05, 0.1) is 5.60 Å². The fraction of sp³-hybridized carbons (Fsp3) is 0.938. The Hall–Kier alpha value is -0.370. The van der Waals surface area contributed by atoms with Crippen LogP contribution in [0.5, 0.6) is 0 Å². The Kier molecular flexibility index (Phi) is 6.91. The molecule has 0 bridgehead atoms. The number of hydrogen-bond donors (Lipinski definition) is 1. The molecule has 106 valence electrons. The molecule has 1 fully saturated rings. The topological polar surface area (TPSA) is 37.3 Å². The van der Waals surface area contributed by atoms with E-state index in [0.29, 0.717) is 18.3 Å². The summed E-state index contributed by atoms with van der Waals surface area (Å²) in [5, 5.41) is 10.9. The van der Waals surface area contributed by atoms with E-state index in [0.717, 1.165) is 32.0 Å². The van der Waals surface area contributed by atoms with Crippen molar-refractivity contribution >= 4 is 6.29 Å². The summed E-state index contributed by atoms with van der Waals surface area (Å²) in [7, 11) is 0. The van der Waals surface area contributed by atoms with Crippen LogP contribution in [0.1, 0.15) is 78.1 Å². The number of carbonyl (C=O) groups excluding carboxylic acids is 1. The second kappa shape index (κ2) is 7.93. The number of rotatable bonds is 4. The Labute approximate surface area is 112 Å². The minimum atomic E-state index is -0.542. The maximum absolute atomic E-state index is 10.9. The molecule has 2 nitrogen and oxygen atoms in total.